The fourth-order valence-corrected chi connectivity index (χ4v) is 1.46. The molecule has 0 saturated heterocycles. The molecule has 19 heavy (non-hydrogen) atoms. The summed E-state index contributed by atoms with van der Waals surface area (Å²) in [6.45, 7) is 0.232. The minimum absolute atomic E-state index is 0.176. The normalized spacial score (nSPS) is 11.4. The Morgan fingerprint density at radius 3 is 2.84 bits per heavy atom. The van der Waals surface area contributed by atoms with Gasteiger partial charge < -0.3 is 15.2 Å². The third-order valence-corrected chi connectivity index (χ3v) is 2.47. The first kappa shape index (κ1) is 14.7. The lowest BCUT2D eigenvalue weighted by Crippen LogP contribution is -2.41. The molecule has 1 atom stereocenters. The van der Waals surface area contributed by atoms with Gasteiger partial charge in [0.1, 0.15) is 6.04 Å². The predicted octanol–water partition coefficient (Wildman–Crippen LogP) is 0.778. The molecule has 100 valence electrons. The Kier molecular flexibility index (Phi) is 5.51. The van der Waals surface area contributed by atoms with Gasteiger partial charge in [0.05, 0.1) is 11.6 Å². The molecule has 0 radical (unpaired) electrons. The molecular formula is C13H14N2O4. The molecule has 1 unspecified atom stereocenters. The highest BCUT2D eigenvalue weighted by Gasteiger charge is 2.20. The highest BCUT2D eigenvalue weighted by Crippen LogP contribution is 2.05. The number of hydrogen-bond donors (Lipinski definition) is 2. The van der Waals surface area contributed by atoms with Gasteiger partial charge in [0.25, 0.3) is 5.91 Å². The van der Waals surface area contributed by atoms with E-state index in [9.17, 15) is 9.59 Å². The van der Waals surface area contributed by atoms with E-state index >= 15 is 0 Å². The summed E-state index contributed by atoms with van der Waals surface area (Å²) in [4.78, 5) is 22.8. The number of rotatable bonds is 6. The number of nitrogens with one attached hydrogen (secondary N) is 1. The standard InChI is InChI=1S/C13H14N2O4/c1-19-6-5-11(13(17)18)15-12(16)10-4-2-3-9(7-10)8-14/h2-4,7,11H,5-6H2,1H3,(H,15,16)(H,17,18). The summed E-state index contributed by atoms with van der Waals surface area (Å²) in [6.07, 6.45) is 0.176. The second-order valence-corrected chi connectivity index (χ2v) is 3.84. The number of ether oxygens (including phenoxy) is 1. The first-order valence-corrected chi connectivity index (χ1v) is 5.61. The van der Waals surface area contributed by atoms with Crippen LogP contribution in [0.5, 0.6) is 0 Å². The minimum atomic E-state index is -1.12. The zero-order valence-electron chi connectivity index (χ0n) is 10.4. The Morgan fingerprint density at radius 2 is 2.26 bits per heavy atom. The summed E-state index contributed by atoms with van der Waals surface area (Å²) in [5.41, 5.74) is 0.596. The maximum absolute atomic E-state index is 11.9. The van der Waals surface area contributed by atoms with Crippen LogP contribution in [0, 0.1) is 11.3 Å². The lowest BCUT2D eigenvalue weighted by atomic mass is 10.1. The largest absolute Gasteiger partial charge is 0.480 e. The number of nitriles is 1. The minimum Gasteiger partial charge on any atom is -0.480 e. The number of methoxy groups -OCH3 is 1. The molecule has 0 saturated carbocycles. The number of carboxylic acids is 1. The van der Waals surface area contributed by atoms with Crippen molar-refractivity contribution in [1.29, 1.82) is 5.26 Å². The number of aliphatic carboxylic acids is 1. The highest BCUT2D eigenvalue weighted by molar-refractivity contribution is 5.96. The van der Waals surface area contributed by atoms with Crippen LogP contribution in [-0.2, 0) is 9.53 Å². The molecular weight excluding hydrogens is 248 g/mol. The predicted molar refractivity (Wildman–Crippen MR) is 66.5 cm³/mol. The number of amides is 1. The van der Waals surface area contributed by atoms with Crippen LogP contribution in [0.1, 0.15) is 22.3 Å². The highest BCUT2D eigenvalue weighted by atomic mass is 16.5. The van der Waals surface area contributed by atoms with Gasteiger partial charge in [-0.15, -0.1) is 0 Å². The van der Waals surface area contributed by atoms with Gasteiger partial charge in [-0.05, 0) is 18.2 Å². The zero-order valence-corrected chi connectivity index (χ0v) is 10.4. The summed E-state index contributed by atoms with van der Waals surface area (Å²) in [6, 6.07) is 6.96. The van der Waals surface area contributed by atoms with Crippen molar-refractivity contribution in [2.45, 2.75) is 12.5 Å². The van der Waals surface area contributed by atoms with E-state index in [0.29, 0.717) is 5.56 Å². The van der Waals surface area contributed by atoms with Gasteiger partial charge in [0.2, 0.25) is 0 Å². The number of benzene rings is 1. The number of hydrogen-bond acceptors (Lipinski definition) is 4. The third kappa shape index (κ3) is 4.41. The van der Waals surface area contributed by atoms with E-state index in [-0.39, 0.29) is 18.6 Å². The summed E-state index contributed by atoms with van der Waals surface area (Å²) < 4.78 is 4.79. The maximum Gasteiger partial charge on any atom is 0.326 e. The van der Waals surface area contributed by atoms with E-state index in [4.69, 9.17) is 15.1 Å². The molecule has 1 aromatic rings. The summed E-state index contributed by atoms with van der Waals surface area (Å²) >= 11 is 0. The lowest BCUT2D eigenvalue weighted by Gasteiger charge is -2.14. The SMILES string of the molecule is COCCC(NC(=O)c1cccc(C#N)c1)C(=O)O. The molecule has 0 aliphatic carbocycles. The average molecular weight is 262 g/mol. The van der Waals surface area contributed by atoms with Crippen LogP contribution in [-0.4, -0.2) is 36.7 Å². The van der Waals surface area contributed by atoms with Gasteiger partial charge in [-0.3, -0.25) is 4.79 Å². The van der Waals surface area contributed by atoms with E-state index in [1.807, 2.05) is 6.07 Å². The van der Waals surface area contributed by atoms with Crippen LogP contribution in [0.4, 0.5) is 0 Å². The molecule has 6 heteroatoms. The molecule has 0 aliphatic heterocycles. The quantitative estimate of drug-likeness (QED) is 0.789. The Hall–Kier alpha value is -2.39. The van der Waals surface area contributed by atoms with Crippen LogP contribution in [0.2, 0.25) is 0 Å². The van der Waals surface area contributed by atoms with Gasteiger partial charge in [0.15, 0.2) is 0 Å². The number of carbonyl (C=O) groups is 2. The zero-order chi connectivity index (χ0) is 14.3. The fraction of sp³-hybridized carbons (Fsp3) is 0.308. The van der Waals surface area contributed by atoms with Crippen molar-refractivity contribution in [3.8, 4) is 6.07 Å². The molecule has 0 aliphatic rings. The number of carboxylic acid groups (broad SMARTS) is 1. The Morgan fingerprint density at radius 1 is 1.53 bits per heavy atom. The third-order valence-electron chi connectivity index (χ3n) is 2.47. The Balaban J connectivity index is 2.76. The molecule has 1 aromatic carbocycles. The second-order valence-electron chi connectivity index (χ2n) is 3.84. The molecule has 6 nitrogen and oxygen atoms in total. The van der Waals surface area contributed by atoms with Crippen molar-refractivity contribution in [3.05, 3.63) is 35.4 Å². The molecule has 1 amide bonds. The first-order chi connectivity index (χ1) is 9.08. The summed E-state index contributed by atoms with van der Waals surface area (Å²) in [7, 11) is 1.46. The molecule has 0 spiro atoms. The van der Waals surface area contributed by atoms with E-state index in [2.05, 4.69) is 5.32 Å². The van der Waals surface area contributed by atoms with Crippen molar-refractivity contribution in [3.63, 3.8) is 0 Å². The van der Waals surface area contributed by atoms with Gasteiger partial charge in [-0.2, -0.15) is 5.26 Å². The lowest BCUT2D eigenvalue weighted by molar-refractivity contribution is -0.139. The molecule has 0 heterocycles. The van der Waals surface area contributed by atoms with Crippen LogP contribution in [0.3, 0.4) is 0 Å². The average Bonchev–Trinajstić information content (AvgIpc) is 2.42. The molecule has 2 N–H and O–H groups in total. The monoisotopic (exact) mass is 262 g/mol. The molecule has 0 bridgehead atoms. The summed E-state index contributed by atoms with van der Waals surface area (Å²) in [5, 5.41) is 20.1. The summed E-state index contributed by atoms with van der Waals surface area (Å²) in [5.74, 6) is -1.65. The topological polar surface area (TPSA) is 99.4 Å². The van der Waals surface area contributed by atoms with Crippen LogP contribution < -0.4 is 5.32 Å². The molecule has 0 aromatic heterocycles. The molecule has 0 fully saturated rings. The van der Waals surface area contributed by atoms with Crippen LogP contribution in [0.15, 0.2) is 24.3 Å². The van der Waals surface area contributed by atoms with Crippen molar-refractivity contribution >= 4 is 11.9 Å². The van der Waals surface area contributed by atoms with Crippen LogP contribution in [0.25, 0.3) is 0 Å². The van der Waals surface area contributed by atoms with Crippen molar-refractivity contribution in [2.75, 3.05) is 13.7 Å². The smallest absolute Gasteiger partial charge is 0.326 e. The van der Waals surface area contributed by atoms with Crippen molar-refractivity contribution < 1.29 is 19.4 Å². The Labute approximate surface area is 110 Å². The van der Waals surface area contributed by atoms with Gasteiger partial charge in [0, 0.05) is 25.7 Å². The Bertz CT molecular complexity index is 508. The second kappa shape index (κ2) is 7.13. The number of carbonyl (C=O) groups excluding carboxylic acids is 1. The fourth-order valence-electron chi connectivity index (χ4n) is 1.46. The van der Waals surface area contributed by atoms with E-state index < -0.39 is 17.9 Å². The van der Waals surface area contributed by atoms with Crippen molar-refractivity contribution in [2.24, 2.45) is 0 Å². The maximum atomic E-state index is 11.9. The number of nitrogens with zero attached hydrogens (tertiary/aromatic N) is 1. The van der Waals surface area contributed by atoms with Crippen LogP contribution >= 0.6 is 0 Å². The van der Waals surface area contributed by atoms with Gasteiger partial charge in [-0.25, -0.2) is 4.79 Å². The first-order valence-electron chi connectivity index (χ1n) is 5.61. The van der Waals surface area contributed by atoms with E-state index in [1.165, 1.54) is 19.2 Å². The van der Waals surface area contributed by atoms with Gasteiger partial charge in [-0.1, -0.05) is 6.07 Å². The molecule has 1 rings (SSSR count). The van der Waals surface area contributed by atoms with Gasteiger partial charge >= 0.3 is 5.97 Å². The van der Waals surface area contributed by atoms with E-state index in [1.54, 1.807) is 12.1 Å². The van der Waals surface area contributed by atoms with Crippen molar-refractivity contribution in [1.82, 2.24) is 5.32 Å². The van der Waals surface area contributed by atoms with E-state index in [0.717, 1.165) is 0 Å².